The van der Waals surface area contributed by atoms with Gasteiger partial charge in [-0.2, -0.15) is 0 Å². The largest absolute Gasteiger partial charge is 0.493 e. The molecule has 0 radical (unpaired) electrons. The van der Waals surface area contributed by atoms with Crippen LogP contribution in [0.2, 0.25) is 0 Å². The van der Waals surface area contributed by atoms with Gasteiger partial charge < -0.3 is 20.1 Å². The van der Waals surface area contributed by atoms with E-state index >= 15 is 0 Å². The Hall–Kier alpha value is -2.97. The zero-order valence-corrected chi connectivity index (χ0v) is 17.0. The van der Waals surface area contributed by atoms with Crippen molar-refractivity contribution >= 4 is 17.8 Å². The molecule has 1 saturated carbocycles. The Labute approximate surface area is 170 Å². The molecule has 1 aliphatic rings. The highest BCUT2D eigenvalue weighted by atomic mass is 16.5. The van der Waals surface area contributed by atoms with E-state index < -0.39 is 11.8 Å². The van der Waals surface area contributed by atoms with Crippen LogP contribution in [0, 0.1) is 0 Å². The van der Waals surface area contributed by atoms with E-state index in [9.17, 15) is 14.4 Å². The summed E-state index contributed by atoms with van der Waals surface area (Å²) in [6, 6.07) is 4.68. The van der Waals surface area contributed by atoms with Gasteiger partial charge in [-0.05, 0) is 38.0 Å². The molecule has 0 unspecified atom stereocenters. The minimum atomic E-state index is -0.484. The molecule has 0 heterocycles. The maximum absolute atomic E-state index is 12.2. The summed E-state index contributed by atoms with van der Waals surface area (Å²) >= 11 is 0. The Morgan fingerprint density at radius 1 is 1.07 bits per heavy atom. The average Bonchev–Trinajstić information content (AvgIpc) is 2.73. The fraction of sp³-hybridized carbons (Fsp3) is 0.550. The van der Waals surface area contributed by atoms with E-state index in [0.29, 0.717) is 23.7 Å². The molecule has 0 aliphatic heterocycles. The van der Waals surface area contributed by atoms with Crippen LogP contribution in [0.1, 0.15) is 55.8 Å². The van der Waals surface area contributed by atoms with E-state index in [1.54, 1.807) is 12.1 Å². The Morgan fingerprint density at radius 2 is 1.83 bits per heavy atom. The molecule has 0 aromatic heterocycles. The highest BCUT2D eigenvalue weighted by molar-refractivity contribution is 5.96. The molecule has 9 heteroatoms. The van der Waals surface area contributed by atoms with Gasteiger partial charge >= 0.3 is 6.03 Å². The predicted molar refractivity (Wildman–Crippen MR) is 108 cm³/mol. The van der Waals surface area contributed by atoms with Gasteiger partial charge in [-0.15, -0.1) is 0 Å². The number of carbonyl (C=O) groups is 3. The van der Waals surface area contributed by atoms with Gasteiger partial charge in [0.15, 0.2) is 11.5 Å². The van der Waals surface area contributed by atoms with Gasteiger partial charge in [0.05, 0.1) is 13.7 Å². The molecule has 0 bridgehead atoms. The van der Waals surface area contributed by atoms with Gasteiger partial charge in [0.25, 0.3) is 5.91 Å². The van der Waals surface area contributed by atoms with Gasteiger partial charge in [-0.1, -0.05) is 19.3 Å². The Morgan fingerprint density at radius 3 is 2.52 bits per heavy atom. The van der Waals surface area contributed by atoms with Crippen molar-refractivity contribution in [2.75, 3.05) is 20.3 Å². The lowest BCUT2D eigenvalue weighted by atomic mass is 9.96. The zero-order chi connectivity index (χ0) is 21.1. The van der Waals surface area contributed by atoms with Crippen LogP contribution >= 0.6 is 0 Å². The molecule has 1 aromatic carbocycles. The monoisotopic (exact) mass is 406 g/mol. The van der Waals surface area contributed by atoms with Gasteiger partial charge in [0, 0.05) is 24.6 Å². The maximum atomic E-state index is 12.2. The highest BCUT2D eigenvalue weighted by Gasteiger charge is 2.16. The molecule has 0 spiro atoms. The molecule has 0 atom stereocenters. The molecular weight excluding hydrogens is 376 g/mol. The number of hydrogen-bond acceptors (Lipinski definition) is 5. The average molecular weight is 406 g/mol. The predicted octanol–water partition coefficient (Wildman–Crippen LogP) is 1.88. The molecular formula is C20H30N4O5. The van der Waals surface area contributed by atoms with Crippen LogP contribution in [0.4, 0.5) is 4.79 Å². The molecule has 160 valence electrons. The van der Waals surface area contributed by atoms with E-state index in [1.807, 2.05) is 6.92 Å². The summed E-state index contributed by atoms with van der Waals surface area (Å²) in [6.07, 6.45) is 5.52. The van der Waals surface area contributed by atoms with Crippen molar-refractivity contribution in [3.63, 3.8) is 0 Å². The normalized spacial score (nSPS) is 13.9. The lowest BCUT2D eigenvalue weighted by Crippen LogP contribution is -2.45. The fourth-order valence-electron chi connectivity index (χ4n) is 3.12. The first-order valence-corrected chi connectivity index (χ1v) is 9.97. The van der Waals surface area contributed by atoms with Crippen LogP contribution in [0.25, 0.3) is 0 Å². The number of methoxy groups -OCH3 is 1. The standard InChI is InChI=1S/C20H30N4O5/c1-3-29-16-10-9-14(13-17(16)28-2)19(26)24-23-18(25)11-12-21-20(27)22-15-7-5-4-6-8-15/h9-10,13,15H,3-8,11-12H2,1-2H3,(H,23,25)(H,24,26)(H2,21,22,27). The fourth-order valence-corrected chi connectivity index (χ4v) is 3.12. The van der Waals surface area contributed by atoms with E-state index in [4.69, 9.17) is 9.47 Å². The topological polar surface area (TPSA) is 118 Å². The number of nitrogens with one attached hydrogen (secondary N) is 4. The lowest BCUT2D eigenvalue weighted by Gasteiger charge is -2.22. The third-order valence-electron chi connectivity index (χ3n) is 4.62. The van der Waals surface area contributed by atoms with E-state index in [-0.39, 0.29) is 25.0 Å². The van der Waals surface area contributed by atoms with Crippen molar-refractivity contribution < 1.29 is 23.9 Å². The molecule has 1 fully saturated rings. The van der Waals surface area contributed by atoms with Gasteiger partial charge in [0.2, 0.25) is 5.91 Å². The van der Waals surface area contributed by atoms with Crippen LogP contribution in [0.3, 0.4) is 0 Å². The van der Waals surface area contributed by atoms with Crippen LogP contribution in [-0.2, 0) is 4.79 Å². The summed E-state index contributed by atoms with van der Waals surface area (Å²) in [7, 11) is 1.48. The Balaban J connectivity index is 1.69. The quantitative estimate of drug-likeness (QED) is 0.492. The van der Waals surface area contributed by atoms with Gasteiger partial charge in [0.1, 0.15) is 0 Å². The maximum Gasteiger partial charge on any atom is 0.315 e. The van der Waals surface area contributed by atoms with E-state index in [0.717, 1.165) is 25.7 Å². The molecule has 1 aromatic rings. The molecule has 4 N–H and O–H groups in total. The first-order chi connectivity index (χ1) is 14.0. The summed E-state index contributed by atoms with van der Waals surface area (Å²) in [6.45, 7) is 2.51. The molecule has 9 nitrogen and oxygen atoms in total. The molecule has 29 heavy (non-hydrogen) atoms. The number of hydrazine groups is 1. The third-order valence-corrected chi connectivity index (χ3v) is 4.62. The number of ether oxygens (including phenoxy) is 2. The van der Waals surface area contributed by atoms with Crippen LogP contribution < -0.4 is 31.0 Å². The second-order valence-electron chi connectivity index (χ2n) is 6.79. The first kappa shape index (κ1) is 22.3. The summed E-state index contributed by atoms with van der Waals surface area (Å²) in [4.78, 5) is 35.9. The van der Waals surface area contributed by atoms with Crippen LogP contribution in [0.15, 0.2) is 18.2 Å². The Bertz CT molecular complexity index is 704. The zero-order valence-electron chi connectivity index (χ0n) is 17.0. The number of hydrogen-bond donors (Lipinski definition) is 4. The highest BCUT2D eigenvalue weighted by Crippen LogP contribution is 2.27. The van der Waals surface area contributed by atoms with Crippen molar-refractivity contribution in [1.29, 1.82) is 0 Å². The van der Waals surface area contributed by atoms with Crippen LogP contribution in [0.5, 0.6) is 11.5 Å². The number of carbonyl (C=O) groups excluding carboxylic acids is 3. The van der Waals surface area contributed by atoms with Crippen molar-refractivity contribution in [1.82, 2.24) is 21.5 Å². The van der Waals surface area contributed by atoms with Crippen molar-refractivity contribution in [2.24, 2.45) is 0 Å². The number of urea groups is 1. The summed E-state index contributed by atoms with van der Waals surface area (Å²) < 4.78 is 10.6. The lowest BCUT2D eigenvalue weighted by molar-refractivity contribution is -0.121. The van der Waals surface area contributed by atoms with Crippen molar-refractivity contribution in [2.45, 2.75) is 51.5 Å². The Kier molecular flexibility index (Phi) is 9.07. The van der Waals surface area contributed by atoms with Gasteiger partial charge in [-0.3, -0.25) is 20.4 Å². The van der Waals surface area contributed by atoms with Crippen LogP contribution in [-0.4, -0.2) is 44.1 Å². The minimum absolute atomic E-state index is 0.0466. The minimum Gasteiger partial charge on any atom is -0.493 e. The smallest absolute Gasteiger partial charge is 0.315 e. The summed E-state index contributed by atoms with van der Waals surface area (Å²) in [5, 5.41) is 5.57. The van der Waals surface area contributed by atoms with Crippen molar-refractivity contribution in [3.8, 4) is 11.5 Å². The van der Waals surface area contributed by atoms with Gasteiger partial charge in [-0.25, -0.2) is 4.79 Å². The second-order valence-corrected chi connectivity index (χ2v) is 6.79. The van der Waals surface area contributed by atoms with E-state index in [2.05, 4.69) is 21.5 Å². The third kappa shape index (κ3) is 7.52. The summed E-state index contributed by atoms with van der Waals surface area (Å²) in [5.74, 6) is 0.0732. The van der Waals surface area contributed by atoms with E-state index in [1.165, 1.54) is 19.6 Å². The summed E-state index contributed by atoms with van der Waals surface area (Å²) in [5.41, 5.74) is 4.99. The SMILES string of the molecule is CCOc1ccc(C(=O)NNC(=O)CCNC(=O)NC2CCCCC2)cc1OC. The van der Waals surface area contributed by atoms with Crippen molar-refractivity contribution in [3.05, 3.63) is 23.8 Å². The second kappa shape index (κ2) is 11.8. The number of amides is 4. The number of benzene rings is 1. The molecule has 2 rings (SSSR count). The molecule has 0 saturated heterocycles. The molecule has 1 aliphatic carbocycles. The number of rotatable bonds is 8. The first-order valence-electron chi connectivity index (χ1n) is 9.97. The molecule has 4 amide bonds.